The summed E-state index contributed by atoms with van der Waals surface area (Å²) in [5.74, 6) is 0.764. The summed E-state index contributed by atoms with van der Waals surface area (Å²) in [4.78, 5) is 4.41. The van der Waals surface area contributed by atoms with Crippen LogP contribution in [-0.4, -0.2) is 16.7 Å². The average Bonchev–Trinajstić information content (AvgIpc) is 2.47. The van der Waals surface area contributed by atoms with Gasteiger partial charge in [-0.05, 0) is 31.0 Å². The van der Waals surface area contributed by atoms with Crippen molar-refractivity contribution in [2.24, 2.45) is 0 Å². The van der Waals surface area contributed by atoms with Crippen LogP contribution in [0.4, 0.5) is 0 Å². The monoisotopic (exact) mass is 257 g/mol. The van der Waals surface area contributed by atoms with Crippen LogP contribution in [0.1, 0.15) is 31.9 Å². The van der Waals surface area contributed by atoms with E-state index < -0.39 is 6.10 Å². The van der Waals surface area contributed by atoms with E-state index in [4.69, 9.17) is 4.74 Å². The number of hydrogen-bond donors (Lipinski definition) is 1. The topological polar surface area (TPSA) is 42.4 Å². The van der Waals surface area contributed by atoms with Crippen molar-refractivity contribution in [3.63, 3.8) is 0 Å². The quantitative estimate of drug-likeness (QED) is 0.890. The third-order valence-corrected chi connectivity index (χ3v) is 3.03. The van der Waals surface area contributed by atoms with Gasteiger partial charge in [0.15, 0.2) is 0 Å². The summed E-state index contributed by atoms with van der Waals surface area (Å²) in [6, 6.07) is 11.7. The molecule has 0 saturated carbocycles. The molecule has 0 aliphatic carbocycles. The summed E-state index contributed by atoms with van der Waals surface area (Å²) in [7, 11) is 0. The Kier molecular flexibility index (Phi) is 4.53. The molecule has 0 fully saturated rings. The Hall–Kier alpha value is -1.87. The van der Waals surface area contributed by atoms with Crippen molar-refractivity contribution < 1.29 is 9.84 Å². The largest absolute Gasteiger partial charge is 0.492 e. The van der Waals surface area contributed by atoms with Gasteiger partial charge in [-0.15, -0.1) is 0 Å². The standard InChI is InChI=1S/C16H19NO2/c1-3-16(18)14-8-6-5-7-13(14)15-10-9-12(11-17-15)19-4-2/h5-11,16,18H,3-4H2,1-2H3. The van der Waals surface area contributed by atoms with Crippen LogP contribution in [0.15, 0.2) is 42.6 Å². The molecular weight excluding hydrogens is 238 g/mol. The van der Waals surface area contributed by atoms with Gasteiger partial charge in [0.2, 0.25) is 0 Å². The van der Waals surface area contributed by atoms with Gasteiger partial charge in [0.25, 0.3) is 0 Å². The molecule has 0 bridgehead atoms. The molecular formula is C16H19NO2. The van der Waals surface area contributed by atoms with Gasteiger partial charge in [0, 0.05) is 5.56 Å². The van der Waals surface area contributed by atoms with Gasteiger partial charge < -0.3 is 9.84 Å². The van der Waals surface area contributed by atoms with Gasteiger partial charge in [-0.2, -0.15) is 0 Å². The summed E-state index contributed by atoms with van der Waals surface area (Å²) in [5.41, 5.74) is 2.74. The zero-order chi connectivity index (χ0) is 13.7. The smallest absolute Gasteiger partial charge is 0.137 e. The molecule has 0 saturated heterocycles. The summed E-state index contributed by atoms with van der Waals surface area (Å²) < 4.78 is 5.38. The lowest BCUT2D eigenvalue weighted by atomic mass is 9.98. The molecule has 1 heterocycles. The van der Waals surface area contributed by atoms with Crippen molar-refractivity contribution in [2.75, 3.05) is 6.61 Å². The molecule has 1 atom stereocenters. The molecule has 3 heteroatoms. The number of rotatable bonds is 5. The minimum Gasteiger partial charge on any atom is -0.492 e. The molecule has 0 spiro atoms. The lowest BCUT2D eigenvalue weighted by Gasteiger charge is -2.13. The van der Waals surface area contributed by atoms with E-state index in [0.29, 0.717) is 13.0 Å². The fourth-order valence-electron chi connectivity index (χ4n) is 2.03. The van der Waals surface area contributed by atoms with Crippen LogP contribution in [-0.2, 0) is 0 Å². The van der Waals surface area contributed by atoms with E-state index in [2.05, 4.69) is 4.98 Å². The van der Waals surface area contributed by atoms with E-state index in [1.807, 2.05) is 50.2 Å². The second-order valence-corrected chi connectivity index (χ2v) is 4.32. The van der Waals surface area contributed by atoms with Gasteiger partial charge in [0.1, 0.15) is 5.75 Å². The van der Waals surface area contributed by atoms with Gasteiger partial charge in [0.05, 0.1) is 24.6 Å². The second kappa shape index (κ2) is 6.34. The van der Waals surface area contributed by atoms with Gasteiger partial charge in [-0.1, -0.05) is 31.2 Å². The van der Waals surface area contributed by atoms with Crippen molar-refractivity contribution >= 4 is 0 Å². The molecule has 1 aromatic heterocycles. The molecule has 3 nitrogen and oxygen atoms in total. The molecule has 0 aliphatic rings. The maximum absolute atomic E-state index is 10.1. The third-order valence-electron chi connectivity index (χ3n) is 3.03. The summed E-state index contributed by atoms with van der Waals surface area (Å²) in [6.45, 7) is 4.54. The number of aromatic nitrogens is 1. The van der Waals surface area contributed by atoms with E-state index >= 15 is 0 Å². The molecule has 19 heavy (non-hydrogen) atoms. The first kappa shape index (κ1) is 13.6. The molecule has 2 aromatic rings. The molecule has 1 aromatic carbocycles. The lowest BCUT2D eigenvalue weighted by Crippen LogP contribution is -1.99. The number of pyridine rings is 1. The van der Waals surface area contributed by atoms with Crippen molar-refractivity contribution in [3.8, 4) is 17.0 Å². The Morgan fingerprint density at radius 1 is 1.16 bits per heavy atom. The molecule has 1 unspecified atom stereocenters. The zero-order valence-electron chi connectivity index (χ0n) is 11.3. The van der Waals surface area contributed by atoms with Gasteiger partial charge >= 0.3 is 0 Å². The predicted octanol–water partition coefficient (Wildman–Crippen LogP) is 3.59. The van der Waals surface area contributed by atoms with E-state index in [-0.39, 0.29) is 0 Å². The SMILES string of the molecule is CCOc1ccc(-c2ccccc2C(O)CC)nc1. The van der Waals surface area contributed by atoms with Gasteiger partial charge in [-0.3, -0.25) is 4.98 Å². The Balaban J connectivity index is 2.35. The maximum Gasteiger partial charge on any atom is 0.137 e. The van der Waals surface area contributed by atoms with Crippen LogP contribution in [0.3, 0.4) is 0 Å². The minimum atomic E-state index is -0.454. The number of ether oxygens (including phenoxy) is 1. The summed E-state index contributed by atoms with van der Waals surface area (Å²) in [6.07, 6.45) is 1.95. The Bertz CT molecular complexity index is 523. The molecule has 100 valence electrons. The van der Waals surface area contributed by atoms with E-state index in [1.54, 1.807) is 6.20 Å². The highest BCUT2D eigenvalue weighted by atomic mass is 16.5. The zero-order valence-corrected chi connectivity index (χ0v) is 11.3. The minimum absolute atomic E-state index is 0.454. The van der Waals surface area contributed by atoms with Crippen LogP contribution in [0, 0.1) is 0 Å². The highest BCUT2D eigenvalue weighted by Crippen LogP contribution is 2.29. The normalized spacial score (nSPS) is 12.2. The number of hydrogen-bond acceptors (Lipinski definition) is 3. The number of aliphatic hydroxyl groups excluding tert-OH is 1. The first-order chi connectivity index (χ1) is 9.26. The van der Waals surface area contributed by atoms with Crippen LogP contribution in [0.2, 0.25) is 0 Å². The lowest BCUT2D eigenvalue weighted by molar-refractivity contribution is 0.174. The fraction of sp³-hybridized carbons (Fsp3) is 0.312. The van der Waals surface area contributed by atoms with Gasteiger partial charge in [-0.25, -0.2) is 0 Å². The summed E-state index contributed by atoms with van der Waals surface area (Å²) >= 11 is 0. The molecule has 1 N–H and O–H groups in total. The molecule has 0 amide bonds. The number of benzene rings is 1. The average molecular weight is 257 g/mol. The Morgan fingerprint density at radius 2 is 1.95 bits per heavy atom. The van der Waals surface area contributed by atoms with Crippen LogP contribution >= 0.6 is 0 Å². The first-order valence-electron chi connectivity index (χ1n) is 6.62. The van der Waals surface area contributed by atoms with Crippen molar-refractivity contribution in [1.29, 1.82) is 0 Å². The molecule has 2 rings (SSSR count). The van der Waals surface area contributed by atoms with Crippen molar-refractivity contribution in [2.45, 2.75) is 26.4 Å². The van der Waals surface area contributed by atoms with Crippen LogP contribution in [0.5, 0.6) is 5.75 Å². The van der Waals surface area contributed by atoms with Crippen LogP contribution in [0.25, 0.3) is 11.3 Å². The van der Waals surface area contributed by atoms with E-state index in [0.717, 1.165) is 22.6 Å². The van der Waals surface area contributed by atoms with Crippen molar-refractivity contribution in [1.82, 2.24) is 4.98 Å². The van der Waals surface area contributed by atoms with E-state index in [9.17, 15) is 5.11 Å². The highest BCUT2D eigenvalue weighted by Gasteiger charge is 2.12. The Morgan fingerprint density at radius 3 is 2.58 bits per heavy atom. The second-order valence-electron chi connectivity index (χ2n) is 4.32. The highest BCUT2D eigenvalue weighted by molar-refractivity contribution is 5.64. The number of aliphatic hydroxyl groups is 1. The van der Waals surface area contributed by atoms with E-state index in [1.165, 1.54) is 0 Å². The number of nitrogens with zero attached hydrogens (tertiary/aromatic N) is 1. The van der Waals surface area contributed by atoms with Crippen molar-refractivity contribution in [3.05, 3.63) is 48.2 Å². The molecule has 0 radical (unpaired) electrons. The Labute approximate surface area is 113 Å². The first-order valence-corrected chi connectivity index (χ1v) is 6.62. The summed E-state index contributed by atoms with van der Waals surface area (Å²) in [5, 5.41) is 10.1. The molecule has 0 aliphatic heterocycles. The van der Waals surface area contributed by atoms with Crippen LogP contribution < -0.4 is 4.74 Å². The fourth-order valence-corrected chi connectivity index (χ4v) is 2.03. The third kappa shape index (κ3) is 3.12. The maximum atomic E-state index is 10.1. The predicted molar refractivity (Wildman–Crippen MR) is 76.1 cm³/mol.